The van der Waals surface area contributed by atoms with Gasteiger partial charge in [-0.15, -0.1) is 0 Å². The van der Waals surface area contributed by atoms with Gasteiger partial charge in [0.1, 0.15) is 0 Å². The molecule has 1 aliphatic heterocycles. The van der Waals surface area contributed by atoms with Gasteiger partial charge in [-0.1, -0.05) is 27.2 Å². The molecule has 1 fully saturated rings. The number of nitrogens with zero attached hydrogens (tertiary/aromatic N) is 1. The molecule has 0 saturated carbocycles. The van der Waals surface area contributed by atoms with Crippen molar-refractivity contribution < 1.29 is 13.2 Å². The van der Waals surface area contributed by atoms with Crippen molar-refractivity contribution >= 4 is 10.0 Å². The highest BCUT2D eigenvalue weighted by molar-refractivity contribution is 7.89. The van der Waals surface area contributed by atoms with Crippen LogP contribution < -0.4 is 0 Å². The highest BCUT2D eigenvalue weighted by atomic mass is 32.2. The normalized spacial score (nSPS) is 23.3. The summed E-state index contributed by atoms with van der Waals surface area (Å²) in [5, 5.41) is 0. The largest absolute Gasteiger partial charge is 0.385 e. The van der Waals surface area contributed by atoms with Crippen LogP contribution in [0.3, 0.4) is 0 Å². The van der Waals surface area contributed by atoms with E-state index in [0.29, 0.717) is 19.0 Å². The number of ether oxygens (including phenoxy) is 1. The lowest BCUT2D eigenvalue weighted by molar-refractivity contribution is 0.171. The zero-order valence-electron chi connectivity index (χ0n) is 12.8. The number of methoxy groups -OCH3 is 1. The fourth-order valence-corrected chi connectivity index (χ4v) is 4.73. The minimum atomic E-state index is -3.13. The van der Waals surface area contributed by atoms with Crippen molar-refractivity contribution in [1.29, 1.82) is 0 Å². The topological polar surface area (TPSA) is 46.6 Å². The molecule has 114 valence electrons. The molecule has 1 rings (SSSR count). The number of sulfonamides is 1. The van der Waals surface area contributed by atoms with E-state index in [1.165, 1.54) is 0 Å². The van der Waals surface area contributed by atoms with E-state index in [2.05, 4.69) is 0 Å². The van der Waals surface area contributed by atoms with E-state index in [1.807, 2.05) is 20.8 Å². The lowest BCUT2D eigenvalue weighted by atomic mass is 10.0. The summed E-state index contributed by atoms with van der Waals surface area (Å²) in [4.78, 5) is 0. The van der Waals surface area contributed by atoms with Gasteiger partial charge in [-0.2, -0.15) is 0 Å². The van der Waals surface area contributed by atoms with Gasteiger partial charge in [0.05, 0.1) is 5.75 Å². The van der Waals surface area contributed by atoms with Gasteiger partial charge >= 0.3 is 0 Å². The molecule has 5 heteroatoms. The standard InChI is InChI=1S/C14H29NO3S/c1-14(2,3)12-19(16,17)15-9-6-5-7-13(11-15)8-10-18-4/h13H,5-12H2,1-4H3/t13-/m0/s1. The third kappa shape index (κ3) is 6.23. The summed E-state index contributed by atoms with van der Waals surface area (Å²) in [6.07, 6.45) is 4.17. The van der Waals surface area contributed by atoms with Gasteiger partial charge in [0, 0.05) is 26.8 Å². The molecule has 0 unspecified atom stereocenters. The Morgan fingerprint density at radius 1 is 1.26 bits per heavy atom. The third-order valence-corrected chi connectivity index (χ3v) is 5.82. The van der Waals surface area contributed by atoms with Crippen LogP contribution in [0.4, 0.5) is 0 Å². The van der Waals surface area contributed by atoms with Crippen LogP contribution in [0.25, 0.3) is 0 Å². The van der Waals surface area contributed by atoms with E-state index in [0.717, 1.165) is 32.3 Å². The van der Waals surface area contributed by atoms with Gasteiger partial charge in [-0.25, -0.2) is 12.7 Å². The maximum absolute atomic E-state index is 12.5. The molecule has 0 N–H and O–H groups in total. The van der Waals surface area contributed by atoms with Gasteiger partial charge in [0.15, 0.2) is 0 Å². The first-order valence-corrected chi connectivity index (χ1v) is 8.82. The van der Waals surface area contributed by atoms with Crippen molar-refractivity contribution in [3.63, 3.8) is 0 Å². The molecule has 4 nitrogen and oxygen atoms in total. The van der Waals surface area contributed by atoms with Gasteiger partial charge in [0.2, 0.25) is 10.0 Å². The maximum Gasteiger partial charge on any atom is 0.214 e. The second-order valence-electron chi connectivity index (χ2n) is 6.82. The average Bonchev–Trinajstić information content (AvgIpc) is 2.48. The molecular formula is C14H29NO3S. The molecule has 1 aliphatic rings. The van der Waals surface area contributed by atoms with Crippen molar-refractivity contribution in [2.24, 2.45) is 11.3 Å². The molecule has 19 heavy (non-hydrogen) atoms. The quantitative estimate of drug-likeness (QED) is 0.782. The average molecular weight is 291 g/mol. The summed E-state index contributed by atoms with van der Waals surface area (Å²) in [5.41, 5.74) is -0.187. The van der Waals surface area contributed by atoms with Crippen molar-refractivity contribution in [2.45, 2.75) is 46.5 Å². The predicted molar refractivity (Wildman–Crippen MR) is 78.6 cm³/mol. The minimum Gasteiger partial charge on any atom is -0.385 e. The maximum atomic E-state index is 12.5. The summed E-state index contributed by atoms with van der Waals surface area (Å²) >= 11 is 0. The number of hydrogen-bond donors (Lipinski definition) is 0. The summed E-state index contributed by atoms with van der Waals surface area (Å²) in [6, 6.07) is 0. The van der Waals surface area contributed by atoms with E-state index in [1.54, 1.807) is 11.4 Å². The highest BCUT2D eigenvalue weighted by Gasteiger charge is 2.30. The van der Waals surface area contributed by atoms with E-state index >= 15 is 0 Å². The van der Waals surface area contributed by atoms with Gasteiger partial charge in [-0.3, -0.25) is 0 Å². The lowest BCUT2D eigenvalue weighted by Crippen LogP contribution is -2.39. The van der Waals surface area contributed by atoms with Crippen molar-refractivity contribution in [2.75, 3.05) is 32.6 Å². The van der Waals surface area contributed by atoms with Gasteiger partial charge < -0.3 is 4.74 Å². The molecule has 1 saturated heterocycles. The Morgan fingerprint density at radius 2 is 1.95 bits per heavy atom. The second kappa shape index (κ2) is 7.04. The van der Waals surface area contributed by atoms with Crippen LogP contribution in [0.5, 0.6) is 0 Å². The molecule has 0 radical (unpaired) electrons. The van der Waals surface area contributed by atoms with E-state index < -0.39 is 10.0 Å². The Morgan fingerprint density at radius 3 is 2.53 bits per heavy atom. The summed E-state index contributed by atoms with van der Waals surface area (Å²) in [5.74, 6) is 0.675. The van der Waals surface area contributed by atoms with E-state index in [9.17, 15) is 8.42 Å². The predicted octanol–water partition coefficient (Wildman–Crippen LogP) is 2.50. The zero-order valence-corrected chi connectivity index (χ0v) is 13.6. The Bertz CT molecular complexity index is 359. The Kier molecular flexibility index (Phi) is 6.27. The van der Waals surface area contributed by atoms with Crippen LogP contribution >= 0.6 is 0 Å². The highest BCUT2D eigenvalue weighted by Crippen LogP contribution is 2.25. The molecule has 1 atom stereocenters. The van der Waals surface area contributed by atoms with Crippen LogP contribution in [-0.2, 0) is 14.8 Å². The zero-order chi connectivity index (χ0) is 14.5. The molecule has 0 bridgehead atoms. The van der Waals surface area contributed by atoms with Crippen molar-refractivity contribution in [3.05, 3.63) is 0 Å². The third-order valence-electron chi connectivity index (χ3n) is 3.47. The molecule has 0 amide bonds. The summed E-state index contributed by atoms with van der Waals surface area (Å²) in [6.45, 7) is 8.00. The molecule has 0 aromatic carbocycles. The molecule has 0 aliphatic carbocycles. The smallest absolute Gasteiger partial charge is 0.214 e. The molecule has 0 aromatic heterocycles. The summed E-state index contributed by atoms with van der Waals surface area (Å²) in [7, 11) is -1.43. The molecule has 0 spiro atoms. The van der Waals surface area contributed by atoms with Crippen LogP contribution in [0.15, 0.2) is 0 Å². The minimum absolute atomic E-state index is 0.187. The van der Waals surface area contributed by atoms with E-state index in [-0.39, 0.29) is 11.2 Å². The SMILES string of the molecule is COCC[C@@H]1CCCCN(S(=O)(=O)CC(C)(C)C)C1. The first-order valence-electron chi connectivity index (χ1n) is 7.21. The second-order valence-corrected chi connectivity index (χ2v) is 8.79. The van der Waals surface area contributed by atoms with Crippen molar-refractivity contribution in [3.8, 4) is 0 Å². The first kappa shape index (κ1) is 16.9. The molecule has 1 heterocycles. The van der Waals surface area contributed by atoms with Crippen molar-refractivity contribution in [1.82, 2.24) is 4.31 Å². The van der Waals surface area contributed by atoms with Crippen LogP contribution in [-0.4, -0.2) is 45.3 Å². The monoisotopic (exact) mass is 291 g/mol. The Balaban J connectivity index is 2.69. The lowest BCUT2D eigenvalue weighted by Gasteiger charge is -2.27. The number of hydrogen-bond acceptors (Lipinski definition) is 3. The van der Waals surface area contributed by atoms with Gasteiger partial charge in [0.25, 0.3) is 0 Å². The summed E-state index contributed by atoms with van der Waals surface area (Å²) < 4.78 is 31.8. The Labute approximate surface area is 118 Å². The molecule has 0 aromatic rings. The first-order chi connectivity index (χ1) is 8.74. The Hall–Kier alpha value is -0.130. The van der Waals surface area contributed by atoms with E-state index in [4.69, 9.17) is 4.74 Å². The van der Waals surface area contributed by atoms with Crippen LogP contribution in [0, 0.1) is 11.3 Å². The van der Waals surface area contributed by atoms with Crippen LogP contribution in [0.2, 0.25) is 0 Å². The van der Waals surface area contributed by atoms with Gasteiger partial charge in [-0.05, 0) is 30.6 Å². The fourth-order valence-electron chi connectivity index (χ4n) is 2.60. The fraction of sp³-hybridized carbons (Fsp3) is 1.00. The van der Waals surface area contributed by atoms with Crippen LogP contribution in [0.1, 0.15) is 46.5 Å². The molecular weight excluding hydrogens is 262 g/mol. The number of rotatable bonds is 5.